The van der Waals surface area contributed by atoms with Gasteiger partial charge in [0.25, 0.3) is 0 Å². The number of nitrogens with one attached hydrogen (secondary N) is 2. The minimum Gasteiger partial charge on any atom is -0.353 e. The molecule has 0 radical (unpaired) electrons. The lowest BCUT2D eigenvalue weighted by atomic mass is 10.1. The van der Waals surface area contributed by atoms with E-state index in [0.717, 1.165) is 6.21 Å². The summed E-state index contributed by atoms with van der Waals surface area (Å²) in [6.07, 6.45) is 5.83. The van der Waals surface area contributed by atoms with Crippen LogP contribution < -0.4 is 10.7 Å². The van der Waals surface area contributed by atoms with Crippen LogP contribution in [-0.2, 0) is 0 Å². The molecule has 2 aromatic carbocycles. The van der Waals surface area contributed by atoms with Crippen molar-refractivity contribution in [3.05, 3.63) is 106 Å². The van der Waals surface area contributed by atoms with Gasteiger partial charge >= 0.3 is 0 Å². The molecule has 2 aromatic heterocycles. The minimum absolute atomic E-state index is 0.0454. The molecule has 0 bridgehead atoms. The van der Waals surface area contributed by atoms with Crippen LogP contribution in [0.3, 0.4) is 0 Å². The van der Waals surface area contributed by atoms with Crippen LogP contribution in [0.5, 0.6) is 0 Å². The lowest BCUT2D eigenvalue weighted by Gasteiger charge is -2.15. The van der Waals surface area contributed by atoms with Gasteiger partial charge in [0.2, 0.25) is 5.43 Å². The van der Waals surface area contributed by atoms with Crippen molar-refractivity contribution < 1.29 is 4.39 Å². The quantitative estimate of drug-likeness (QED) is 0.418. The van der Waals surface area contributed by atoms with Gasteiger partial charge in [-0.3, -0.25) is 4.79 Å². The SMILES string of the molecule is C/C(C=N)=C(/Nc1cccc(Cl)c1)c1nn(-c2ccc(-n3cccn3)cc2F)ccc1=O. The van der Waals surface area contributed by atoms with Crippen LogP contribution in [-0.4, -0.2) is 25.8 Å². The molecule has 0 saturated carbocycles. The molecule has 4 rings (SSSR count). The fraction of sp³-hybridized carbons (Fsp3) is 0.0435. The number of hydrogen-bond acceptors (Lipinski definition) is 5. The molecule has 160 valence electrons. The predicted molar refractivity (Wildman–Crippen MR) is 123 cm³/mol. The smallest absolute Gasteiger partial charge is 0.209 e. The van der Waals surface area contributed by atoms with Crippen molar-refractivity contribution in [3.63, 3.8) is 0 Å². The average Bonchev–Trinajstić information content (AvgIpc) is 3.33. The third kappa shape index (κ3) is 4.35. The second-order valence-electron chi connectivity index (χ2n) is 6.90. The summed E-state index contributed by atoms with van der Waals surface area (Å²) >= 11 is 6.06. The minimum atomic E-state index is -0.530. The first-order valence-corrected chi connectivity index (χ1v) is 9.98. The summed E-state index contributed by atoms with van der Waals surface area (Å²) in [5.41, 5.74) is 1.82. The van der Waals surface area contributed by atoms with Crippen LogP contribution in [0.15, 0.2) is 83.6 Å². The molecular formula is C23H18ClFN6O. The van der Waals surface area contributed by atoms with Gasteiger partial charge in [-0.05, 0) is 48.9 Å². The molecular weight excluding hydrogens is 431 g/mol. The topological polar surface area (TPSA) is 88.6 Å². The molecule has 0 amide bonds. The first-order valence-electron chi connectivity index (χ1n) is 9.60. The highest BCUT2D eigenvalue weighted by Crippen LogP contribution is 2.22. The van der Waals surface area contributed by atoms with Crippen molar-refractivity contribution in [1.29, 1.82) is 5.41 Å². The zero-order chi connectivity index (χ0) is 22.7. The fourth-order valence-electron chi connectivity index (χ4n) is 3.09. The monoisotopic (exact) mass is 448 g/mol. The molecule has 0 fully saturated rings. The third-order valence-corrected chi connectivity index (χ3v) is 4.93. The Morgan fingerprint density at radius 2 is 1.97 bits per heavy atom. The van der Waals surface area contributed by atoms with Crippen LogP contribution in [0.25, 0.3) is 17.1 Å². The Balaban J connectivity index is 1.77. The highest BCUT2D eigenvalue weighted by molar-refractivity contribution is 6.30. The van der Waals surface area contributed by atoms with Gasteiger partial charge in [0, 0.05) is 47.6 Å². The molecule has 0 unspecified atom stereocenters. The van der Waals surface area contributed by atoms with E-state index in [2.05, 4.69) is 15.5 Å². The summed E-state index contributed by atoms with van der Waals surface area (Å²) in [5.74, 6) is -0.530. The Kier molecular flexibility index (Phi) is 5.96. The van der Waals surface area contributed by atoms with E-state index in [0.29, 0.717) is 27.7 Å². The fourth-order valence-corrected chi connectivity index (χ4v) is 3.28. The van der Waals surface area contributed by atoms with Crippen LogP contribution in [0, 0.1) is 11.2 Å². The zero-order valence-corrected chi connectivity index (χ0v) is 17.7. The standard InChI is InChI=1S/C23H18ClFN6O/c1-15(14-26)22(28-17-5-2-4-16(24)12-17)23-21(32)8-11-31(29-23)20-7-6-18(13-19(20)25)30-10-3-9-27-30/h2-14,26,28H,1H3/b22-15-,26-14?. The summed E-state index contributed by atoms with van der Waals surface area (Å²) in [4.78, 5) is 12.7. The number of allylic oxidation sites excluding steroid dienone is 1. The number of rotatable bonds is 6. The van der Waals surface area contributed by atoms with Gasteiger partial charge in [-0.15, -0.1) is 0 Å². The van der Waals surface area contributed by atoms with Gasteiger partial charge in [0.05, 0.1) is 11.4 Å². The van der Waals surface area contributed by atoms with Crippen molar-refractivity contribution in [2.75, 3.05) is 5.32 Å². The highest BCUT2D eigenvalue weighted by atomic mass is 35.5. The maximum absolute atomic E-state index is 14.9. The van der Waals surface area contributed by atoms with Crippen LogP contribution in [0.1, 0.15) is 12.6 Å². The van der Waals surface area contributed by atoms with E-state index in [1.165, 1.54) is 23.0 Å². The van der Waals surface area contributed by atoms with Gasteiger partial charge in [0.15, 0.2) is 11.5 Å². The molecule has 0 saturated heterocycles. The zero-order valence-electron chi connectivity index (χ0n) is 17.0. The summed E-state index contributed by atoms with van der Waals surface area (Å²) in [6.45, 7) is 1.68. The van der Waals surface area contributed by atoms with Gasteiger partial charge < -0.3 is 10.7 Å². The third-order valence-electron chi connectivity index (χ3n) is 4.70. The molecule has 4 aromatic rings. The van der Waals surface area contributed by atoms with Gasteiger partial charge in [-0.2, -0.15) is 10.2 Å². The number of nitrogens with zero attached hydrogens (tertiary/aromatic N) is 4. The maximum Gasteiger partial charge on any atom is 0.209 e. The molecule has 0 aliphatic carbocycles. The first kappa shape index (κ1) is 21.2. The van der Waals surface area contributed by atoms with E-state index >= 15 is 0 Å². The van der Waals surface area contributed by atoms with Gasteiger partial charge in [-0.1, -0.05) is 17.7 Å². The number of aromatic nitrogens is 4. The number of benzene rings is 2. The maximum atomic E-state index is 14.9. The van der Waals surface area contributed by atoms with Crippen molar-refractivity contribution in [2.24, 2.45) is 0 Å². The first-order chi connectivity index (χ1) is 15.5. The van der Waals surface area contributed by atoms with Crippen molar-refractivity contribution in [3.8, 4) is 11.4 Å². The van der Waals surface area contributed by atoms with Crippen LogP contribution in [0.4, 0.5) is 10.1 Å². The molecule has 0 aliphatic heterocycles. The highest BCUT2D eigenvalue weighted by Gasteiger charge is 2.15. The van der Waals surface area contributed by atoms with Crippen molar-refractivity contribution in [2.45, 2.75) is 6.92 Å². The Morgan fingerprint density at radius 3 is 2.66 bits per heavy atom. The van der Waals surface area contributed by atoms with E-state index < -0.39 is 5.82 Å². The molecule has 9 heteroatoms. The van der Waals surface area contributed by atoms with Crippen molar-refractivity contribution in [1.82, 2.24) is 19.6 Å². The second-order valence-corrected chi connectivity index (χ2v) is 7.33. The summed E-state index contributed by atoms with van der Waals surface area (Å²) in [5, 5.41) is 19.7. The number of halogens is 2. The summed E-state index contributed by atoms with van der Waals surface area (Å²) < 4.78 is 17.7. The molecule has 0 spiro atoms. The van der Waals surface area contributed by atoms with Crippen molar-refractivity contribution >= 4 is 29.2 Å². The van der Waals surface area contributed by atoms with Crippen LogP contribution in [0.2, 0.25) is 5.02 Å². The van der Waals surface area contributed by atoms with E-state index in [1.54, 1.807) is 66.5 Å². The molecule has 2 heterocycles. The summed E-state index contributed by atoms with van der Waals surface area (Å²) in [6, 6.07) is 14.6. The van der Waals surface area contributed by atoms with E-state index in [1.807, 2.05) is 0 Å². The van der Waals surface area contributed by atoms with E-state index in [9.17, 15) is 9.18 Å². The normalized spacial score (nSPS) is 11.7. The van der Waals surface area contributed by atoms with E-state index in [4.69, 9.17) is 17.0 Å². The Labute approximate surface area is 187 Å². The second kappa shape index (κ2) is 8.99. The van der Waals surface area contributed by atoms with Gasteiger partial charge in [-0.25, -0.2) is 13.8 Å². The summed E-state index contributed by atoms with van der Waals surface area (Å²) in [7, 11) is 0. The van der Waals surface area contributed by atoms with E-state index in [-0.39, 0.29) is 16.8 Å². The molecule has 0 aliphatic rings. The lowest BCUT2D eigenvalue weighted by Crippen LogP contribution is -2.20. The lowest BCUT2D eigenvalue weighted by molar-refractivity contribution is 0.605. The molecule has 2 N–H and O–H groups in total. The molecule has 0 atom stereocenters. The number of anilines is 1. The van der Waals surface area contributed by atoms with Crippen LogP contribution >= 0.6 is 11.6 Å². The average molecular weight is 449 g/mol. The Hall–Kier alpha value is -4.04. The molecule has 32 heavy (non-hydrogen) atoms. The molecule has 7 nitrogen and oxygen atoms in total. The predicted octanol–water partition coefficient (Wildman–Crippen LogP) is 4.70. The number of hydrogen-bond donors (Lipinski definition) is 2. The largest absolute Gasteiger partial charge is 0.353 e. The Bertz CT molecular complexity index is 1380. The van der Waals surface area contributed by atoms with Gasteiger partial charge in [0.1, 0.15) is 5.69 Å². The Morgan fingerprint density at radius 1 is 1.12 bits per heavy atom.